The Bertz CT molecular complexity index is 1430. The molecule has 4 rings (SSSR count). The zero-order valence-corrected chi connectivity index (χ0v) is 19.2. The van der Waals surface area contributed by atoms with Crippen molar-refractivity contribution in [1.82, 2.24) is 5.32 Å². The van der Waals surface area contributed by atoms with Gasteiger partial charge in [0.1, 0.15) is 16.9 Å². The lowest BCUT2D eigenvalue weighted by Gasteiger charge is -2.10. The Morgan fingerprint density at radius 2 is 1.66 bits per heavy atom. The molecule has 0 aliphatic heterocycles. The molecule has 0 unspecified atom stereocenters. The summed E-state index contributed by atoms with van der Waals surface area (Å²) < 4.78 is 21.1. The Balaban J connectivity index is 1.47. The average Bonchev–Trinajstić information content (AvgIpc) is 2.88. The van der Waals surface area contributed by atoms with E-state index in [1.54, 1.807) is 24.3 Å². The summed E-state index contributed by atoms with van der Waals surface area (Å²) in [4.78, 5) is 37.5. The highest BCUT2D eigenvalue weighted by Crippen LogP contribution is 2.28. The summed E-state index contributed by atoms with van der Waals surface area (Å²) in [6.07, 6.45) is 0.639. The summed E-state index contributed by atoms with van der Waals surface area (Å²) in [6, 6.07) is 20.4. The molecule has 8 heteroatoms. The molecule has 0 aliphatic carbocycles. The van der Waals surface area contributed by atoms with Crippen LogP contribution in [-0.2, 0) is 6.42 Å². The third-order valence-electron chi connectivity index (χ3n) is 5.32. The fraction of sp³-hybridized carbons (Fsp3) is 0.148. The van der Waals surface area contributed by atoms with Crippen molar-refractivity contribution in [3.8, 4) is 17.2 Å². The summed E-state index contributed by atoms with van der Waals surface area (Å²) in [6.45, 7) is 0.380. The second-order valence-electron chi connectivity index (χ2n) is 7.60. The number of esters is 1. The van der Waals surface area contributed by atoms with E-state index in [1.165, 1.54) is 32.4 Å². The highest BCUT2D eigenvalue weighted by atomic mass is 16.5. The summed E-state index contributed by atoms with van der Waals surface area (Å²) in [5.41, 5.74) is 0.646. The van der Waals surface area contributed by atoms with Crippen LogP contribution in [0.5, 0.6) is 17.2 Å². The lowest BCUT2D eigenvalue weighted by atomic mass is 10.1. The van der Waals surface area contributed by atoms with Gasteiger partial charge in [0.05, 0.1) is 19.8 Å². The van der Waals surface area contributed by atoms with E-state index >= 15 is 0 Å². The molecule has 0 saturated heterocycles. The maximum atomic E-state index is 12.6. The molecule has 1 amide bonds. The van der Waals surface area contributed by atoms with E-state index in [9.17, 15) is 14.4 Å². The topological polar surface area (TPSA) is 104 Å². The zero-order valence-electron chi connectivity index (χ0n) is 19.2. The van der Waals surface area contributed by atoms with Crippen LogP contribution in [0, 0.1) is 0 Å². The van der Waals surface area contributed by atoms with Crippen LogP contribution in [-0.4, -0.2) is 32.6 Å². The first-order valence-corrected chi connectivity index (χ1v) is 10.8. The van der Waals surface area contributed by atoms with Gasteiger partial charge in [0, 0.05) is 18.0 Å². The van der Waals surface area contributed by atoms with Crippen LogP contribution in [0.3, 0.4) is 0 Å². The number of benzene rings is 3. The summed E-state index contributed by atoms with van der Waals surface area (Å²) in [7, 11) is 2.97. The van der Waals surface area contributed by atoms with Crippen molar-refractivity contribution in [2.75, 3.05) is 20.8 Å². The molecule has 0 aliphatic rings. The first-order chi connectivity index (χ1) is 17.0. The van der Waals surface area contributed by atoms with Crippen LogP contribution >= 0.6 is 0 Å². The molecule has 178 valence electrons. The molecule has 0 fully saturated rings. The third-order valence-corrected chi connectivity index (χ3v) is 5.32. The van der Waals surface area contributed by atoms with Gasteiger partial charge in [0.25, 0.3) is 5.91 Å². The predicted molar refractivity (Wildman–Crippen MR) is 129 cm³/mol. The summed E-state index contributed by atoms with van der Waals surface area (Å²) in [5.74, 6) is -0.0828. The SMILES string of the molecule is COc1ccc(C(=O)Oc2ccc3cc(C(=O)NCCc4ccccc4)c(=O)oc3c2)cc1OC. The predicted octanol–water partition coefficient (Wildman–Crippen LogP) is 4.00. The number of ether oxygens (including phenoxy) is 3. The minimum atomic E-state index is -0.780. The van der Waals surface area contributed by atoms with Gasteiger partial charge in [-0.1, -0.05) is 30.3 Å². The van der Waals surface area contributed by atoms with Crippen LogP contribution in [0.4, 0.5) is 0 Å². The van der Waals surface area contributed by atoms with Gasteiger partial charge in [-0.05, 0) is 48.4 Å². The molecule has 0 spiro atoms. The number of amides is 1. The average molecular weight is 473 g/mol. The number of rotatable bonds is 8. The lowest BCUT2D eigenvalue weighted by Crippen LogP contribution is -2.29. The molecule has 0 saturated carbocycles. The maximum absolute atomic E-state index is 12.6. The smallest absolute Gasteiger partial charge is 0.349 e. The molecule has 0 atom stereocenters. The fourth-order valence-corrected chi connectivity index (χ4v) is 3.50. The van der Waals surface area contributed by atoms with Crippen molar-refractivity contribution in [3.63, 3.8) is 0 Å². The fourth-order valence-electron chi connectivity index (χ4n) is 3.50. The maximum Gasteiger partial charge on any atom is 0.349 e. The zero-order chi connectivity index (χ0) is 24.8. The van der Waals surface area contributed by atoms with Gasteiger partial charge in [-0.25, -0.2) is 9.59 Å². The van der Waals surface area contributed by atoms with Crippen LogP contribution in [0.15, 0.2) is 82.0 Å². The van der Waals surface area contributed by atoms with Crippen LogP contribution in [0.1, 0.15) is 26.3 Å². The molecule has 0 bridgehead atoms. The largest absolute Gasteiger partial charge is 0.493 e. The number of hydrogen-bond donors (Lipinski definition) is 1. The standard InChI is InChI=1S/C27H23NO7/c1-32-22-11-9-19(15-24(22)33-2)26(30)34-20-10-8-18-14-21(27(31)35-23(18)16-20)25(29)28-13-12-17-6-4-3-5-7-17/h3-11,14-16H,12-13H2,1-2H3,(H,28,29). The van der Waals surface area contributed by atoms with Gasteiger partial charge in [0.15, 0.2) is 11.5 Å². The van der Waals surface area contributed by atoms with Crippen molar-refractivity contribution < 1.29 is 28.2 Å². The van der Waals surface area contributed by atoms with Gasteiger partial charge in [-0.2, -0.15) is 0 Å². The number of methoxy groups -OCH3 is 2. The molecular weight excluding hydrogens is 450 g/mol. The molecule has 8 nitrogen and oxygen atoms in total. The Kier molecular flexibility index (Phi) is 7.11. The van der Waals surface area contributed by atoms with E-state index in [2.05, 4.69) is 5.32 Å². The first-order valence-electron chi connectivity index (χ1n) is 10.8. The van der Waals surface area contributed by atoms with Crippen LogP contribution < -0.4 is 25.2 Å². The number of nitrogens with one attached hydrogen (secondary N) is 1. The van der Waals surface area contributed by atoms with E-state index in [-0.39, 0.29) is 22.5 Å². The second-order valence-corrected chi connectivity index (χ2v) is 7.60. The van der Waals surface area contributed by atoms with E-state index in [0.29, 0.717) is 29.9 Å². The van der Waals surface area contributed by atoms with Crippen molar-refractivity contribution in [2.45, 2.75) is 6.42 Å². The van der Waals surface area contributed by atoms with Gasteiger partial charge in [-0.3, -0.25) is 4.79 Å². The monoisotopic (exact) mass is 473 g/mol. The van der Waals surface area contributed by atoms with Gasteiger partial charge >= 0.3 is 11.6 Å². The molecule has 3 aromatic carbocycles. The van der Waals surface area contributed by atoms with Crippen LogP contribution in [0.25, 0.3) is 11.0 Å². The van der Waals surface area contributed by atoms with E-state index in [0.717, 1.165) is 5.56 Å². The highest BCUT2D eigenvalue weighted by Gasteiger charge is 2.16. The van der Waals surface area contributed by atoms with Crippen molar-refractivity contribution in [1.29, 1.82) is 0 Å². The van der Waals surface area contributed by atoms with Gasteiger partial charge in [-0.15, -0.1) is 0 Å². The Morgan fingerprint density at radius 1 is 0.886 bits per heavy atom. The summed E-state index contributed by atoms with van der Waals surface area (Å²) >= 11 is 0. The van der Waals surface area contributed by atoms with Gasteiger partial charge < -0.3 is 23.9 Å². The molecule has 4 aromatic rings. The third kappa shape index (κ3) is 5.50. The van der Waals surface area contributed by atoms with Crippen molar-refractivity contribution in [2.24, 2.45) is 0 Å². The molecule has 1 heterocycles. The van der Waals surface area contributed by atoms with Gasteiger partial charge in [0.2, 0.25) is 0 Å². The van der Waals surface area contributed by atoms with E-state index in [1.807, 2.05) is 30.3 Å². The number of fused-ring (bicyclic) bond motifs is 1. The molecule has 1 aromatic heterocycles. The van der Waals surface area contributed by atoms with Crippen LogP contribution in [0.2, 0.25) is 0 Å². The molecule has 1 N–H and O–H groups in total. The number of carbonyl (C=O) groups is 2. The summed E-state index contributed by atoms with van der Waals surface area (Å²) in [5, 5.41) is 3.26. The minimum absolute atomic E-state index is 0.0966. The molecule has 35 heavy (non-hydrogen) atoms. The lowest BCUT2D eigenvalue weighted by molar-refractivity contribution is 0.0734. The Labute approximate surface area is 201 Å². The Hall–Kier alpha value is -4.59. The number of hydrogen-bond acceptors (Lipinski definition) is 7. The Morgan fingerprint density at radius 3 is 2.40 bits per heavy atom. The van der Waals surface area contributed by atoms with E-state index < -0.39 is 17.5 Å². The van der Waals surface area contributed by atoms with E-state index in [4.69, 9.17) is 18.6 Å². The molecule has 0 radical (unpaired) electrons. The van der Waals surface area contributed by atoms with Crippen molar-refractivity contribution >= 4 is 22.8 Å². The number of carbonyl (C=O) groups excluding carboxylic acids is 2. The quantitative estimate of drug-likeness (QED) is 0.234. The second kappa shape index (κ2) is 10.6. The highest BCUT2D eigenvalue weighted by molar-refractivity contribution is 5.97. The normalized spacial score (nSPS) is 10.6. The van der Waals surface area contributed by atoms with Crippen molar-refractivity contribution in [3.05, 3.63) is 99.9 Å². The first kappa shape index (κ1) is 23.6. The minimum Gasteiger partial charge on any atom is -0.493 e. The molecular formula is C27H23NO7.